The summed E-state index contributed by atoms with van der Waals surface area (Å²) in [5.41, 5.74) is 3.42. The third-order valence-corrected chi connectivity index (χ3v) is 4.15. The molecule has 2 aromatic carbocycles. The zero-order valence-corrected chi connectivity index (χ0v) is 14.0. The maximum absolute atomic E-state index is 13.9. The Balaban J connectivity index is 1.43. The van der Waals surface area contributed by atoms with Crippen molar-refractivity contribution >= 4 is 0 Å². The minimum Gasteiger partial charge on any atom is -0.334 e. The first-order valence-electron chi connectivity index (χ1n) is 8.36. The number of pyridine rings is 1. The standard InChI is InChI=1S/C21H16FN3O/c22-19-6-2-1-5-18(19)16-10-7-15(8-11-16)9-12-20-24-21(26-25-20)17-4-3-13-23-14-17/h1-8,10-11,13-14H,9,12H2. The lowest BCUT2D eigenvalue weighted by molar-refractivity contribution is 0.422. The van der Waals surface area contributed by atoms with Crippen LogP contribution in [-0.4, -0.2) is 15.1 Å². The van der Waals surface area contributed by atoms with E-state index in [4.69, 9.17) is 4.52 Å². The van der Waals surface area contributed by atoms with Crippen molar-refractivity contribution in [3.8, 4) is 22.6 Å². The molecule has 0 aliphatic carbocycles. The van der Waals surface area contributed by atoms with Gasteiger partial charge < -0.3 is 4.52 Å². The molecule has 0 unspecified atom stereocenters. The third kappa shape index (κ3) is 3.52. The van der Waals surface area contributed by atoms with Gasteiger partial charge in [0.1, 0.15) is 5.82 Å². The quantitative estimate of drug-likeness (QED) is 0.525. The highest BCUT2D eigenvalue weighted by atomic mass is 19.1. The molecule has 5 heteroatoms. The molecule has 2 heterocycles. The van der Waals surface area contributed by atoms with Crippen LogP contribution in [0.25, 0.3) is 22.6 Å². The Morgan fingerprint density at radius 3 is 2.46 bits per heavy atom. The lowest BCUT2D eigenvalue weighted by Crippen LogP contribution is -1.94. The van der Waals surface area contributed by atoms with E-state index in [1.54, 1.807) is 24.5 Å². The van der Waals surface area contributed by atoms with E-state index in [1.165, 1.54) is 6.07 Å². The molecule has 4 nitrogen and oxygen atoms in total. The van der Waals surface area contributed by atoms with Crippen molar-refractivity contribution in [2.75, 3.05) is 0 Å². The van der Waals surface area contributed by atoms with Crippen LogP contribution in [0, 0.1) is 5.82 Å². The summed E-state index contributed by atoms with van der Waals surface area (Å²) in [5.74, 6) is 0.917. The van der Waals surface area contributed by atoms with Gasteiger partial charge in [0.25, 0.3) is 5.89 Å². The molecule has 0 bridgehead atoms. The highest BCUT2D eigenvalue weighted by Crippen LogP contribution is 2.23. The third-order valence-electron chi connectivity index (χ3n) is 4.15. The number of hydrogen-bond acceptors (Lipinski definition) is 4. The van der Waals surface area contributed by atoms with Crippen LogP contribution in [0.3, 0.4) is 0 Å². The Morgan fingerprint density at radius 2 is 1.69 bits per heavy atom. The first-order valence-corrected chi connectivity index (χ1v) is 8.36. The second-order valence-corrected chi connectivity index (χ2v) is 5.93. The Bertz CT molecular complexity index is 997. The van der Waals surface area contributed by atoms with Crippen molar-refractivity contribution in [3.05, 3.63) is 90.3 Å². The van der Waals surface area contributed by atoms with E-state index in [0.717, 1.165) is 23.1 Å². The summed E-state index contributed by atoms with van der Waals surface area (Å²) < 4.78 is 19.1. The topological polar surface area (TPSA) is 51.8 Å². The number of aromatic nitrogens is 3. The molecule has 0 saturated heterocycles. The van der Waals surface area contributed by atoms with Gasteiger partial charge in [0.15, 0.2) is 5.82 Å². The monoisotopic (exact) mass is 345 g/mol. The van der Waals surface area contributed by atoms with E-state index in [9.17, 15) is 4.39 Å². The van der Waals surface area contributed by atoms with Gasteiger partial charge in [-0.25, -0.2) is 4.39 Å². The molecule has 0 spiro atoms. The van der Waals surface area contributed by atoms with Crippen LogP contribution in [0.15, 0.2) is 77.6 Å². The van der Waals surface area contributed by atoms with E-state index >= 15 is 0 Å². The van der Waals surface area contributed by atoms with Crippen LogP contribution in [0.4, 0.5) is 4.39 Å². The molecule has 0 saturated carbocycles. The SMILES string of the molecule is Fc1ccccc1-c1ccc(CCc2noc(-c3cccnc3)n2)cc1. The number of hydrogen-bond donors (Lipinski definition) is 0. The fourth-order valence-corrected chi connectivity index (χ4v) is 2.76. The van der Waals surface area contributed by atoms with Gasteiger partial charge in [-0.1, -0.05) is 47.6 Å². The first kappa shape index (κ1) is 16.1. The van der Waals surface area contributed by atoms with Gasteiger partial charge in [0.2, 0.25) is 0 Å². The summed E-state index contributed by atoms with van der Waals surface area (Å²) in [6, 6.07) is 18.4. The average molecular weight is 345 g/mol. The van der Waals surface area contributed by atoms with Crippen molar-refractivity contribution in [1.29, 1.82) is 0 Å². The number of halogens is 1. The minimum atomic E-state index is -0.213. The van der Waals surface area contributed by atoms with Crippen LogP contribution in [0.5, 0.6) is 0 Å². The second kappa shape index (κ2) is 7.27. The number of aryl methyl sites for hydroxylation is 2. The minimum absolute atomic E-state index is 0.213. The Morgan fingerprint density at radius 1 is 0.846 bits per heavy atom. The molecule has 0 radical (unpaired) electrons. The summed E-state index contributed by atoms with van der Waals surface area (Å²) in [6.07, 6.45) is 4.84. The van der Waals surface area contributed by atoms with Gasteiger partial charge in [-0.15, -0.1) is 0 Å². The van der Waals surface area contributed by atoms with E-state index in [2.05, 4.69) is 15.1 Å². The second-order valence-electron chi connectivity index (χ2n) is 5.93. The van der Waals surface area contributed by atoms with Gasteiger partial charge in [0.05, 0.1) is 5.56 Å². The average Bonchev–Trinajstić information content (AvgIpc) is 3.17. The smallest absolute Gasteiger partial charge is 0.259 e. The summed E-state index contributed by atoms with van der Waals surface area (Å²) in [4.78, 5) is 8.45. The van der Waals surface area contributed by atoms with Crippen molar-refractivity contribution in [1.82, 2.24) is 15.1 Å². The molecular formula is C21H16FN3O. The Labute approximate surface area is 150 Å². The molecule has 0 N–H and O–H groups in total. The molecule has 0 aliphatic rings. The predicted molar refractivity (Wildman–Crippen MR) is 96.8 cm³/mol. The summed E-state index contributed by atoms with van der Waals surface area (Å²) in [5, 5.41) is 4.02. The van der Waals surface area contributed by atoms with E-state index in [0.29, 0.717) is 23.7 Å². The zero-order chi connectivity index (χ0) is 17.8. The lowest BCUT2D eigenvalue weighted by Gasteiger charge is -2.05. The van der Waals surface area contributed by atoms with Crippen LogP contribution < -0.4 is 0 Å². The normalized spacial score (nSPS) is 10.8. The van der Waals surface area contributed by atoms with Crippen molar-refractivity contribution < 1.29 is 8.91 Å². The fraction of sp³-hybridized carbons (Fsp3) is 0.0952. The zero-order valence-electron chi connectivity index (χ0n) is 14.0. The Kier molecular flexibility index (Phi) is 4.51. The van der Waals surface area contributed by atoms with Crippen LogP contribution in [-0.2, 0) is 12.8 Å². The largest absolute Gasteiger partial charge is 0.334 e. The Hall–Kier alpha value is -3.34. The lowest BCUT2D eigenvalue weighted by atomic mass is 10.0. The van der Waals surface area contributed by atoms with Crippen molar-refractivity contribution in [3.63, 3.8) is 0 Å². The van der Waals surface area contributed by atoms with Gasteiger partial charge in [-0.05, 0) is 35.7 Å². The molecule has 2 aromatic heterocycles. The number of rotatable bonds is 5. The first-order chi connectivity index (χ1) is 12.8. The molecule has 26 heavy (non-hydrogen) atoms. The molecule has 0 amide bonds. The van der Waals surface area contributed by atoms with Crippen LogP contribution >= 0.6 is 0 Å². The predicted octanol–water partition coefficient (Wildman–Crippen LogP) is 4.72. The highest BCUT2D eigenvalue weighted by Gasteiger charge is 2.09. The van der Waals surface area contributed by atoms with Crippen molar-refractivity contribution in [2.24, 2.45) is 0 Å². The molecular weight excluding hydrogens is 329 g/mol. The fourth-order valence-electron chi connectivity index (χ4n) is 2.76. The maximum Gasteiger partial charge on any atom is 0.259 e. The van der Waals surface area contributed by atoms with E-state index in [-0.39, 0.29) is 5.82 Å². The summed E-state index contributed by atoms with van der Waals surface area (Å²) in [6.45, 7) is 0. The van der Waals surface area contributed by atoms with Gasteiger partial charge in [-0.3, -0.25) is 4.98 Å². The van der Waals surface area contributed by atoms with Gasteiger partial charge >= 0.3 is 0 Å². The number of nitrogens with zero attached hydrogens (tertiary/aromatic N) is 3. The van der Waals surface area contributed by atoms with Gasteiger partial charge in [0, 0.05) is 24.4 Å². The van der Waals surface area contributed by atoms with Crippen molar-refractivity contribution in [2.45, 2.75) is 12.8 Å². The number of benzene rings is 2. The van der Waals surface area contributed by atoms with E-state index < -0.39 is 0 Å². The maximum atomic E-state index is 13.9. The summed E-state index contributed by atoms with van der Waals surface area (Å²) >= 11 is 0. The molecule has 4 aromatic rings. The molecule has 0 aliphatic heterocycles. The van der Waals surface area contributed by atoms with Crippen LogP contribution in [0.2, 0.25) is 0 Å². The molecule has 128 valence electrons. The van der Waals surface area contributed by atoms with Crippen LogP contribution in [0.1, 0.15) is 11.4 Å². The molecule has 0 atom stereocenters. The molecule has 0 fully saturated rings. The van der Waals surface area contributed by atoms with Gasteiger partial charge in [-0.2, -0.15) is 4.98 Å². The van der Waals surface area contributed by atoms with E-state index in [1.807, 2.05) is 42.5 Å². The highest BCUT2D eigenvalue weighted by molar-refractivity contribution is 5.64. The molecule has 4 rings (SSSR count). The summed E-state index contributed by atoms with van der Waals surface area (Å²) in [7, 11) is 0.